The molecular formula is C26H32N4O2S. The summed E-state index contributed by atoms with van der Waals surface area (Å²) in [7, 11) is 0. The molecule has 7 heteroatoms. The largest absolute Gasteiger partial charge is 0.493 e. The molecule has 2 N–H and O–H groups in total. The number of ether oxygens (including phenoxy) is 1. The van der Waals surface area contributed by atoms with Crippen LogP contribution in [-0.4, -0.2) is 56.8 Å². The number of carbonyl (C=O) groups excluding carboxylic acids is 1. The Kier molecular flexibility index (Phi) is 6.69. The number of fused-ring (bicyclic) bond motifs is 2. The van der Waals surface area contributed by atoms with Crippen molar-refractivity contribution in [1.82, 2.24) is 4.90 Å². The van der Waals surface area contributed by atoms with Crippen molar-refractivity contribution in [2.45, 2.75) is 25.7 Å². The quantitative estimate of drug-likeness (QED) is 0.514. The van der Waals surface area contributed by atoms with Crippen LogP contribution < -0.4 is 20.3 Å². The van der Waals surface area contributed by atoms with Crippen LogP contribution in [0.1, 0.15) is 24.8 Å². The number of hydrogen-bond acceptors (Lipinski definition) is 5. The first kappa shape index (κ1) is 22.0. The number of benzene rings is 2. The summed E-state index contributed by atoms with van der Waals surface area (Å²) in [5.74, 6) is 1.07. The van der Waals surface area contributed by atoms with Gasteiger partial charge < -0.3 is 15.4 Å². The third kappa shape index (κ3) is 4.94. The van der Waals surface area contributed by atoms with Crippen LogP contribution in [0.4, 0.5) is 16.2 Å². The van der Waals surface area contributed by atoms with E-state index in [1.807, 2.05) is 17.5 Å². The van der Waals surface area contributed by atoms with Gasteiger partial charge in [0, 0.05) is 59.9 Å². The third-order valence-electron chi connectivity index (χ3n) is 6.76. The molecule has 0 spiro atoms. The smallest absolute Gasteiger partial charge is 0.319 e. The summed E-state index contributed by atoms with van der Waals surface area (Å²) in [6, 6.07) is 14.5. The lowest BCUT2D eigenvalue weighted by Gasteiger charge is -2.36. The van der Waals surface area contributed by atoms with E-state index < -0.39 is 0 Å². The van der Waals surface area contributed by atoms with Gasteiger partial charge in [-0.25, -0.2) is 4.79 Å². The molecule has 3 heterocycles. The predicted octanol–water partition coefficient (Wildman–Crippen LogP) is 4.71. The van der Waals surface area contributed by atoms with Gasteiger partial charge in [-0.3, -0.25) is 9.80 Å². The van der Waals surface area contributed by atoms with E-state index in [1.165, 1.54) is 16.0 Å². The van der Waals surface area contributed by atoms with Crippen molar-refractivity contribution in [1.29, 1.82) is 0 Å². The minimum atomic E-state index is -0.374. The van der Waals surface area contributed by atoms with E-state index in [-0.39, 0.29) is 6.03 Å². The molecule has 2 aliphatic rings. The van der Waals surface area contributed by atoms with Gasteiger partial charge in [-0.1, -0.05) is 24.3 Å². The lowest BCUT2D eigenvalue weighted by molar-refractivity contribution is 0.249. The molecule has 6 nitrogen and oxygen atoms in total. The first-order valence-corrected chi connectivity index (χ1v) is 12.8. The first-order valence-electron chi connectivity index (χ1n) is 12.0. The fraction of sp³-hybridized carbons (Fsp3) is 0.423. The summed E-state index contributed by atoms with van der Waals surface area (Å²) >= 11 is 1.66. The normalized spacial score (nSPS) is 16.4. The highest BCUT2D eigenvalue weighted by molar-refractivity contribution is 7.17. The highest BCUT2D eigenvalue weighted by atomic mass is 32.1. The summed E-state index contributed by atoms with van der Waals surface area (Å²) in [6.45, 7) is 6.74. The van der Waals surface area contributed by atoms with Crippen LogP contribution >= 0.6 is 11.3 Å². The summed E-state index contributed by atoms with van der Waals surface area (Å²) < 4.78 is 7.04. The Morgan fingerprint density at radius 2 is 1.94 bits per heavy atom. The van der Waals surface area contributed by atoms with E-state index in [0.29, 0.717) is 6.54 Å². The van der Waals surface area contributed by atoms with E-state index in [0.717, 1.165) is 81.8 Å². The maximum absolute atomic E-state index is 12.1. The van der Waals surface area contributed by atoms with Crippen LogP contribution in [0.3, 0.4) is 0 Å². The van der Waals surface area contributed by atoms with Gasteiger partial charge in [-0.2, -0.15) is 0 Å². The van der Waals surface area contributed by atoms with Crippen molar-refractivity contribution in [3.63, 3.8) is 0 Å². The minimum Gasteiger partial charge on any atom is -0.493 e. The van der Waals surface area contributed by atoms with Gasteiger partial charge in [-0.15, -0.1) is 11.3 Å². The van der Waals surface area contributed by atoms with Crippen LogP contribution in [0, 0.1) is 0 Å². The number of piperazine rings is 1. The number of urea groups is 1. The van der Waals surface area contributed by atoms with E-state index in [1.54, 1.807) is 16.2 Å². The molecule has 0 saturated carbocycles. The number of nitrogens with zero attached hydrogens (tertiary/aromatic N) is 3. The zero-order valence-electron chi connectivity index (χ0n) is 19.0. The third-order valence-corrected chi connectivity index (χ3v) is 7.71. The number of rotatable bonds is 7. The number of amides is 2. The lowest BCUT2D eigenvalue weighted by Crippen LogP contribution is -2.46. The Morgan fingerprint density at radius 1 is 1.09 bits per heavy atom. The second-order valence-corrected chi connectivity index (χ2v) is 9.80. The van der Waals surface area contributed by atoms with Gasteiger partial charge in [0.25, 0.3) is 0 Å². The Balaban J connectivity index is 1.09. The van der Waals surface area contributed by atoms with Crippen LogP contribution in [0.2, 0.25) is 0 Å². The molecule has 1 aromatic heterocycles. The summed E-state index contributed by atoms with van der Waals surface area (Å²) in [5, 5.41) is 3.14. The average molecular weight is 465 g/mol. The van der Waals surface area contributed by atoms with Gasteiger partial charge in [0.15, 0.2) is 0 Å². The Hall–Kier alpha value is -2.77. The van der Waals surface area contributed by atoms with Crippen LogP contribution in [0.5, 0.6) is 5.75 Å². The molecule has 2 aromatic carbocycles. The van der Waals surface area contributed by atoms with Gasteiger partial charge in [0.2, 0.25) is 0 Å². The molecule has 0 bridgehead atoms. The summed E-state index contributed by atoms with van der Waals surface area (Å²) in [5.41, 5.74) is 9.27. The summed E-state index contributed by atoms with van der Waals surface area (Å²) in [4.78, 5) is 18.8. The van der Waals surface area contributed by atoms with Gasteiger partial charge in [-0.05, 0) is 49.9 Å². The van der Waals surface area contributed by atoms with Crippen molar-refractivity contribution in [2.24, 2.45) is 5.73 Å². The van der Waals surface area contributed by atoms with Gasteiger partial charge in [0.1, 0.15) is 5.75 Å². The monoisotopic (exact) mass is 464 g/mol. The Bertz CT molecular complexity index is 1110. The molecule has 2 aliphatic heterocycles. The second-order valence-electron chi connectivity index (χ2n) is 8.89. The molecule has 0 unspecified atom stereocenters. The highest BCUT2D eigenvalue weighted by Gasteiger charge is 2.20. The standard InChI is InChI=1S/C26H32N4O2S/c27-26(31)30(23-19-33-25-8-2-1-7-22(23)25)12-4-3-11-28-13-15-29(16-14-28)21-10-9-20-6-5-17-32-24(20)18-21/h1-2,7-10,18-19H,3-6,11-17H2,(H2,27,31). The fourth-order valence-corrected chi connectivity index (χ4v) is 5.83. The molecule has 0 aliphatic carbocycles. The molecule has 0 atom stereocenters. The zero-order valence-corrected chi connectivity index (χ0v) is 19.9. The molecule has 5 rings (SSSR count). The number of aryl methyl sites for hydroxylation is 1. The minimum absolute atomic E-state index is 0.374. The van der Waals surface area contributed by atoms with Crippen molar-refractivity contribution in [3.05, 3.63) is 53.4 Å². The number of thiophene rings is 1. The molecule has 1 fully saturated rings. The predicted molar refractivity (Wildman–Crippen MR) is 137 cm³/mol. The first-order chi connectivity index (χ1) is 16.2. The van der Waals surface area contributed by atoms with E-state index in [4.69, 9.17) is 10.5 Å². The number of hydrogen-bond donors (Lipinski definition) is 1. The number of carbonyl (C=O) groups is 1. The summed E-state index contributed by atoms with van der Waals surface area (Å²) in [6.07, 6.45) is 4.24. The van der Waals surface area contributed by atoms with E-state index >= 15 is 0 Å². The zero-order chi connectivity index (χ0) is 22.6. The second kappa shape index (κ2) is 10.0. The number of anilines is 2. The number of unbranched alkanes of at least 4 members (excludes halogenated alkanes) is 1. The Labute approximate surface area is 199 Å². The molecular weight excluding hydrogens is 432 g/mol. The van der Waals surface area contributed by atoms with Gasteiger partial charge in [0.05, 0.1) is 12.3 Å². The van der Waals surface area contributed by atoms with Crippen molar-refractivity contribution < 1.29 is 9.53 Å². The van der Waals surface area contributed by atoms with Crippen molar-refractivity contribution in [3.8, 4) is 5.75 Å². The topological polar surface area (TPSA) is 62.0 Å². The van der Waals surface area contributed by atoms with Gasteiger partial charge >= 0.3 is 6.03 Å². The molecule has 2 amide bonds. The molecule has 174 valence electrons. The Morgan fingerprint density at radius 3 is 2.79 bits per heavy atom. The SMILES string of the molecule is NC(=O)N(CCCCN1CCN(c2ccc3c(c2)OCCC3)CC1)c1csc2ccccc12. The highest BCUT2D eigenvalue weighted by Crippen LogP contribution is 2.33. The number of primary amides is 1. The van der Waals surface area contributed by atoms with Crippen LogP contribution in [0.15, 0.2) is 47.8 Å². The molecule has 33 heavy (non-hydrogen) atoms. The van der Waals surface area contributed by atoms with E-state index in [9.17, 15) is 4.79 Å². The number of nitrogens with two attached hydrogens (primary N) is 1. The van der Waals surface area contributed by atoms with Crippen LogP contribution in [0.25, 0.3) is 10.1 Å². The van der Waals surface area contributed by atoms with Crippen molar-refractivity contribution in [2.75, 3.05) is 55.7 Å². The average Bonchev–Trinajstić information content (AvgIpc) is 3.28. The van der Waals surface area contributed by atoms with E-state index in [2.05, 4.69) is 40.1 Å². The fourth-order valence-electron chi connectivity index (χ4n) is 4.88. The maximum atomic E-state index is 12.1. The molecule has 3 aromatic rings. The van der Waals surface area contributed by atoms with Crippen molar-refractivity contribution >= 4 is 38.8 Å². The maximum Gasteiger partial charge on any atom is 0.319 e. The molecule has 1 saturated heterocycles. The van der Waals surface area contributed by atoms with Crippen LogP contribution in [-0.2, 0) is 6.42 Å². The lowest BCUT2D eigenvalue weighted by atomic mass is 10.1. The molecule has 0 radical (unpaired) electrons.